The molecule has 1 atom stereocenters. The van der Waals surface area contributed by atoms with E-state index in [1.807, 2.05) is 0 Å². The van der Waals surface area contributed by atoms with Gasteiger partial charge in [-0.05, 0) is 18.8 Å². The van der Waals surface area contributed by atoms with Crippen LogP contribution in [0.3, 0.4) is 0 Å². The fourth-order valence-corrected chi connectivity index (χ4v) is 2.41. The molecule has 2 heterocycles. The molecule has 1 aliphatic heterocycles. The third kappa shape index (κ3) is 2.47. The molecular weight excluding hydrogens is 230 g/mol. The topological polar surface area (TPSA) is 63.2 Å². The van der Waals surface area contributed by atoms with Crippen LogP contribution in [-0.4, -0.2) is 41.7 Å². The molecule has 0 bridgehead atoms. The second-order valence-electron chi connectivity index (χ2n) is 4.84. The van der Waals surface area contributed by atoms with Gasteiger partial charge in [-0.3, -0.25) is 0 Å². The van der Waals surface area contributed by atoms with E-state index in [2.05, 4.69) is 39.0 Å². The summed E-state index contributed by atoms with van der Waals surface area (Å²) in [5.74, 6) is 1.85. The molecule has 0 spiro atoms. The lowest BCUT2D eigenvalue weighted by Crippen LogP contribution is -2.34. The van der Waals surface area contributed by atoms with Gasteiger partial charge >= 0.3 is 6.01 Å². The van der Waals surface area contributed by atoms with E-state index in [1.54, 1.807) is 14.2 Å². The van der Waals surface area contributed by atoms with Crippen molar-refractivity contribution in [3.05, 3.63) is 0 Å². The van der Waals surface area contributed by atoms with Crippen LogP contribution in [0.4, 0.5) is 11.9 Å². The van der Waals surface area contributed by atoms with Crippen LogP contribution in [0, 0.1) is 5.92 Å². The van der Waals surface area contributed by atoms with Gasteiger partial charge in [-0.25, -0.2) is 0 Å². The molecule has 2 rings (SSSR count). The highest BCUT2D eigenvalue weighted by atomic mass is 16.5. The van der Waals surface area contributed by atoms with Gasteiger partial charge in [0.05, 0.1) is 7.11 Å². The average Bonchev–Trinajstić information content (AvgIpc) is 2.87. The van der Waals surface area contributed by atoms with Gasteiger partial charge in [0.15, 0.2) is 0 Å². The standard InChI is InChI=1S/C12H21N5O/c1-8(2)9-6-5-7-17(9)11-14-10(13-3)15-12(16-11)18-4/h8-9H,5-7H2,1-4H3,(H,13,14,15,16). The summed E-state index contributed by atoms with van der Waals surface area (Å²) in [4.78, 5) is 15.2. The summed E-state index contributed by atoms with van der Waals surface area (Å²) >= 11 is 0. The number of aromatic nitrogens is 3. The molecule has 0 radical (unpaired) electrons. The van der Waals surface area contributed by atoms with Crippen molar-refractivity contribution in [3.63, 3.8) is 0 Å². The predicted molar refractivity (Wildman–Crippen MR) is 71.1 cm³/mol. The van der Waals surface area contributed by atoms with Gasteiger partial charge < -0.3 is 15.0 Å². The first-order valence-corrected chi connectivity index (χ1v) is 6.40. The molecule has 0 aromatic carbocycles. The summed E-state index contributed by atoms with van der Waals surface area (Å²) in [5.41, 5.74) is 0. The Hall–Kier alpha value is -1.59. The maximum atomic E-state index is 5.12. The molecule has 100 valence electrons. The monoisotopic (exact) mass is 251 g/mol. The van der Waals surface area contributed by atoms with E-state index in [9.17, 15) is 0 Å². The normalized spacial score (nSPS) is 19.4. The Labute approximate surface area is 108 Å². The second kappa shape index (κ2) is 5.37. The Morgan fingerprint density at radius 1 is 1.33 bits per heavy atom. The maximum absolute atomic E-state index is 5.12. The zero-order valence-corrected chi connectivity index (χ0v) is 11.5. The van der Waals surface area contributed by atoms with Crippen LogP contribution < -0.4 is 15.0 Å². The van der Waals surface area contributed by atoms with Crippen LogP contribution in [0.25, 0.3) is 0 Å². The minimum Gasteiger partial charge on any atom is -0.467 e. The van der Waals surface area contributed by atoms with Crippen molar-refractivity contribution < 1.29 is 4.74 Å². The number of rotatable bonds is 4. The van der Waals surface area contributed by atoms with E-state index in [4.69, 9.17) is 4.74 Å². The van der Waals surface area contributed by atoms with E-state index in [0.29, 0.717) is 29.9 Å². The predicted octanol–water partition coefficient (Wildman–Crippen LogP) is 1.55. The highest BCUT2D eigenvalue weighted by Crippen LogP contribution is 2.28. The lowest BCUT2D eigenvalue weighted by atomic mass is 10.0. The van der Waals surface area contributed by atoms with Gasteiger partial charge in [0.2, 0.25) is 11.9 Å². The average molecular weight is 251 g/mol. The van der Waals surface area contributed by atoms with Crippen molar-refractivity contribution >= 4 is 11.9 Å². The van der Waals surface area contributed by atoms with Crippen molar-refractivity contribution in [1.82, 2.24) is 15.0 Å². The zero-order valence-electron chi connectivity index (χ0n) is 11.5. The molecule has 6 nitrogen and oxygen atoms in total. The molecule has 0 aliphatic carbocycles. The van der Waals surface area contributed by atoms with Crippen molar-refractivity contribution in [2.45, 2.75) is 32.7 Å². The number of anilines is 2. The first kappa shape index (κ1) is 12.9. The quantitative estimate of drug-likeness (QED) is 0.876. The molecule has 1 aliphatic rings. The number of hydrogen-bond donors (Lipinski definition) is 1. The van der Waals surface area contributed by atoms with E-state index < -0.39 is 0 Å². The number of methoxy groups -OCH3 is 1. The molecular formula is C12H21N5O. The fraction of sp³-hybridized carbons (Fsp3) is 0.750. The fourth-order valence-electron chi connectivity index (χ4n) is 2.41. The van der Waals surface area contributed by atoms with Crippen LogP contribution in [0.1, 0.15) is 26.7 Å². The molecule has 1 unspecified atom stereocenters. The lowest BCUT2D eigenvalue weighted by Gasteiger charge is -2.27. The minimum atomic E-state index is 0.360. The van der Waals surface area contributed by atoms with Gasteiger partial charge in [0.1, 0.15) is 0 Å². The highest BCUT2D eigenvalue weighted by Gasteiger charge is 2.29. The zero-order chi connectivity index (χ0) is 13.1. The summed E-state index contributed by atoms with van der Waals surface area (Å²) in [7, 11) is 3.37. The first-order chi connectivity index (χ1) is 8.65. The van der Waals surface area contributed by atoms with Crippen molar-refractivity contribution in [3.8, 4) is 6.01 Å². The van der Waals surface area contributed by atoms with Gasteiger partial charge in [-0.15, -0.1) is 0 Å². The lowest BCUT2D eigenvalue weighted by molar-refractivity contribution is 0.377. The highest BCUT2D eigenvalue weighted by molar-refractivity contribution is 5.40. The Morgan fingerprint density at radius 3 is 2.72 bits per heavy atom. The molecule has 1 N–H and O–H groups in total. The third-order valence-electron chi connectivity index (χ3n) is 3.33. The molecule has 0 amide bonds. The summed E-state index contributed by atoms with van der Waals surface area (Å²) in [6.07, 6.45) is 2.38. The van der Waals surface area contributed by atoms with Gasteiger partial charge in [0, 0.05) is 19.6 Å². The third-order valence-corrected chi connectivity index (χ3v) is 3.33. The van der Waals surface area contributed by atoms with Crippen molar-refractivity contribution in [2.75, 3.05) is 30.9 Å². The molecule has 1 aromatic heterocycles. The van der Waals surface area contributed by atoms with Crippen LogP contribution in [0.2, 0.25) is 0 Å². The van der Waals surface area contributed by atoms with E-state index in [-0.39, 0.29) is 0 Å². The summed E-state index contributed by atoms with van der Waals surface area (Å²) in [5, 5.41) is 2.94. The summed E-state index contributed by atoms with van der Waals surface area (Å²) in [6, 6.07) is 0.862. The first-order valence-electron chi connectivity index (χ1n) is 6.40. The number of nitrogens with one attached hydrogen (secondary N) is 1. The van der Waals surface area contributed by atoms with Gasteiger partial charge in [0.25, 0.3) is 0 Å². The Kier molecular flexibility index (Phi) is 3.84. The summed E-state index contributed by atoms with van der Waals surface area (Å²) < 4.78 is 5.12. The van der Waals surface area contributed by atoms with E-state index in [1.165, 1.54) is 12.8 Å². The molecule has 1 saturated heterocycles. The molecule has 1 fully saturated rings. The SMILES string of the molecule is CNc1nc(OC)nc(N2CCCC2C(C)C)n1. The van der Waals surface area contributed by atoms with Gasteiger partial charge in [-0.2, -0.15) is 15.0 Å². The molecule has 6 heteroatoms. The molecule has 0 saturated carbocycles. The Balaban J connectivity index is 2.31. The number of hydrogen-bond acceptors (Lipinski definition) is 6. The van der Waals surface area contributed by atoms with Crippen LogP contribution in [-0.2, 0) is 0 Å². The van der Waals surface area contributed by atoms with Crippen molar-refractivity contribution in [1.29, 1.82) is 0 Å². The van der Waals surface area contributed by atoms with E-state index in [0.717, 1.165) is 6.54 Å². The smallest absolute Gasteiger partial charge is 0.322 e. The van der Waals surface area contributed by atoms with Crippen molar-refractivity contribution in [2.24, 2.45) is 5.92 Å². The van der Waals surface area contributed by atoms with Crippen LogP contribution in [0.15, 0.2) is 0 Å². The summed E-state index contributed by atoms with van der Waals surface area (Å²) in [6.45, 7) is 5.47. The van der Waals surface area contributed by atoms with Crippen LogP contribution in [0.5, 0.6) is 6.01 Å². The van der Waals surface area contributed by atoms with E-state index >= 15 is 0 Å². The maximum Gasteiger partial charge on any atom is 0.322 e. The largest absolute Gasteiger partial charge is 0.467 e. The number of nitrogens with zero attached hydrogens (tertiary/aromatic N) is 4. The molecule has 18 heavy (non-hydrogen) atoms. The molecule has 1 aromatic rings. The second-order valence-corrected chi connectivity index (χ2v) is 4.84. The number of ether oxygens (including phenoxy) is 1. The Morgan fingerprint density at radius 2 is 2.11 bits per heavy atom. The minimum absolute atomic E-state index is 0.360. The van der Waals surface area contributed by atoms with Gasteiger partial charge in [-0.1, -0.05) is 13.8 Å². The Bertz CT molecular complexity index is 387. The van der Waals surface area contributed by atoms with Crippen LogP contribution >= 0.6 is 0 Å².